The van der Waals surface area contributed by atoms with E-state index in [0.29, 0.717) is 5.57 Å². The normalized spacial score (nSPS) is 19.0. The van der Waals surface area contributed by atoms with Crippen molar-refractivity contribution in [3.8, 4) is 0 Å². The van der Waals surface area contributed by atoms with Gasteiger partial charge in [0.15, 0.2) is 0 Å². The second-order valence-corrected chi connectivity index (χ2v) is 4.11. The zero-order chi connectivity index (χ0) is 12.1. The van der Waals surface area contributed by atoms with Crippen LogP contribution in [0, 0.1) is 0 Å². The van der Waals surface area contributed by atoms with Crippen molar-refractivity contribution in [2.45, 2.75) is 20.0 Å². The van der Waals surface area contributed by atoms with E-state index in [9.17, 15) is 9.59 Å². The van der Waals surface area contributed by atoms with E-state index in [1.807, 2.05) is 6.92 Å². The van der Waals surface area contributed by atoms with Gasteiger partial charge < -0.3 is 10.2 Å². The number of nitrogens with one attached hydrogen (secondary N) is 1. The third-order valence-corrected chi connectivity index (χ3v) is 2.77. The first kappa shape index (κ1) is 12.7. The maximum Gasteiger partial charge on any atom is 0.247 e. The molecule has 16 heavy (non-hydrogen) atoms. The maximum atomic E-state index is 11.4. The highest BCUT2D eigenvalue weighted by Gasteiger charge is 2.21. The quantitative estimate of drug-likeness (QED) is 0.532. The van der Waals surface area contributed by atoms with Gasteiger partial charge in [-0.15, -0.1) is 0 Å². The second-order valence-electron chi connectivity index (χ2n) is 4.11. The average molecular weight is 225 g/mol. The van der Waals surface area contributed by atoms with Gasteiger partial charge in [0.2, 0.25) is 12.3 Å². The Balaban J connectivity index is 2.38. The highest BCUT2D eigenvalue weighted by Crippen LogP contribution is 2.03. The highest BCUT2D eigenvalue weighted by atomic mass is 16.2. The Morgan fingerprint density at radius 1 is 1.38 bits per heavy atom. The lowest BCUT2D eigenvalue weighted by molar-refractivity contribution is -0.122. The van der Waals surface area contributed by atoms with Crippen molar-refractivity contribution in [3.05, 3.63) is 12.2 Å². The Kier molecular flexibility index (Phi) is 4.49. The van der Waals surface area contributed by atoms with E-state index in [-0.39, 0.29) is 12.1 Å². The monoisotopic (exact) mass is 225 g/mol. The molecule has 5 heteroatoms. The summed E-state index contributed by atoms with van der Waals surface area (Å²) in [6.45, 7) is 10.2. The summed E-state index contributed by atoms with van der Waals surface area (Å²) in [4.78, 5) is 25.8. The lowest BCUT2D eigenvalue weighted by atomic mass is 10.3. The fourth-order valence-corrected chi connectivity index (χ4v) is 1.63. The molecule has 0 radical (unpaired) electrons. The molecule has 1 saturated heterocycles. The summed E-state index contributed by atoms with van der Waals surface area (Å²) in [6.07, 6.45) is 0.854. The zero-order valence-corrected chi connectivity index (χ0v) is 9.90. The molecule has 0 saturated carbocycles. The molecule has 5 nitrogen and oxygen atoms in total. The smallest absolute Gasteiger partial charge is 0.247 e. The third-order valence-electron chi connectivity index (χ3n) is 2.77. The van der Waals surface area contributed by atoms with Crippen LogP contribution < -0.4 is 5.32 Å². The molecule has 0 aromatic carbocycles. The number of amides is 2. The number of rotatable bonds is 4. The lowest BCUT2D eigenvalue weighted by Gasteiger charge is -2.36. The molecule has 1 N–H and O–H groups in total. The zero-order valence-electron chi connectivity index (χ0n) is 9.90. The molecule has 90 valence electrons. The van der Waals surface area contributed by atoms with Gasteiger partial charge in [-0.2, -0.15) is 0 Å². The van der Waals surface area contributed by atoms with Gasteiger partial charge in [0, 0.05) is 31.8 Å². The van der Waals surface area contributed by atoms with Crippen molar-refractivity contribution in [3.63, 3.8) is 0 Å². The van der Waals surface area contributed by atoms with Crippen LogP contribution in [-0.2, 0) is 9.59 Å². The van der Waals surface area contributed by atoms with Gasteiger partial charge in [-0.1, -0.05) is 6.58 Å². The van der Waals surface area contributed by atoms with E-state index < -0.39 is 0 Å². The van der Waals surface area contributed by atoms with Crippen LogP contribution in [0.25, 0.3) is 0 Å². The van der Waals surface area contributed by atoms with Crippen molar-refractivity contribution in [2.75, 3.05) is 26.2 Å². The summed E-state index contributed by atoms with van der Waals surface area (Å²) < 4.78 is 0. The molecule has 0 bridgehead atoms. The Hall–Kier alpha value is -1.36. The molecule has 2 amide bonds. The van der Waals surface area contributed by atoms with Crippen molar-refractivity contribution >= 4 is 12.3 Å². The average Bonchev–Trinajstić information content (AvgIpc) is 2.28. The number of hydrogen-bond acceptors (Lipinski definition) is 3. The molecular weight excluding hydrogens is 206 g/mol. The second kappa shape index (κ2) is 5.65. The van der Waals surface area contributed by atoms with Crippen molar-refractivity contribution in [1.82, 2.24) is 15.1 Å². The molecule has 1 heterocycles. The van der Waals surface area contributed by atoms with Crippen LogP contribution in [-0.4, -0.2) is 54.5 Å². The third kappa shape index (κ3) is 3.34. The fraction of sp³-hybridized carbons (Fsp3) is 0.636. The van der Waals surface area contributed by atoms with Crippen LogP contribution in [0.2, 0.25) is 0 Å². The van der Waals surface area contributed by atoms with Gasteiger partial charge in [-0.05, 0) is 13.8 Å². The molecule has 0 aliphatic carbocycles. The Labute approximate surface area is 96.1 Å². The number of carbonyl (C=O) groups is 2. The largest absolute Gasteiger partial charge is 0.343 e. The molecule has 1 unspecified atom stereocenters. The first-order chi connectivity index (χ1) is 7.54. The van der Waals surface area contributed by atoms with Crippen molar-refractivity contribution in [1.29, 1.82) is 0 Å². The molecule has 1 atom stereocenters. The summed E-state index contributed by atoms with van der Waals surface area (Å²) in [5, 5.41) is 2.86. The minimum atomic E-state index is -0.120. The summed E-state index contributed by atoms with van der Waals surface area (Å²) >= 11 is 0. The van der Waals surface area contributed by atoms with E-state index in [2.05, 4.69) is 16.8 Å². The van der Waals surface area contributed by atoms with Crippen molar-refractivity contribution < 1.29 is 9.59 Å². The van der Waals surface area contributed by atoms with E-state index in [4.69, 9.17) is 0 Å². The van der Waals surface area contributed by atoms with Crippen LogP contribution in [0.3, 0.4) is 0 Å². The standard InChI is InChI=1S/C11H19N3O2/c1-9(2)11(16)12-10(3)14-6-4-13(8-15)5-7-14/h8,10H,1,4-7H2,2-3H3,(H,12,16). The van der Waals surface area contributed by atoms with E-state index in [1.165, 1.54) is 0 Å². The Bertz CT molecular complexity index is 283. The predicted molar refractivity (Wildman–Crippen MR) is 61.6 cm³/mol. The number of carbonyl (C=O) groups excluding carboxylic acids is 2. The topological polar surface area (TPSA) is 52.7 Å². The van der Waals surface area contributed by atoms with Gasteiger partial charge in [0.25, 0.3) is 0 Å². The van der Waals surface area contributed by atoms with E-state index >= 15 is 0 Å². The minimum Gasteiger partial charge on any atom is -0.343 e. The summed E-state index contributed by atoms with van der Waals surface area (Å²) in [6, 6.07) is 0. The van der Waals surface area contributed by atoms with Crippen LogP contribution >= 0.6 is 0 Å². The summed E-state index contributed by atoms with van der Waals surface area (Å²) in [5.74, 6) is -0.120. The molecule has 1 aliphatic rings. The number of nitrogens with zero attached hydrogens (tertiary/aromatic N) is 2. The minimum absolute atomic E-state index is 0.0157. The number of piperazine rings is 1. The summed E-state index contributed by atoms with van der Waals surface area (Å²) in [7, 11) is 0. The van der Waals surface area contributed by atoms with Crippen LogP contribution in [0.1, 0.15) is 13.8 Å². The first-order valence-corrected chi connectivity index (χ1v) is 5.44. The lowest BCUT2D eigenvalue weighted by Crippen LogP contribution is -2.54. The van der Waals surface area contributed by atoms with Gasteiger partial charge in [0.05, 0.1) is 6.17 Å². The molecular formula is C11H19N3O2. The van der Waals surface area contributed by atoms with Crippen LogP contribution in [0.4, 0.5) is 0 Å². The SMILES string of the molecule is C=C(C)C(=O)NC(C)N1CCN(C=O)CC1. The Morgan fingerprint density at radius 2 is 1.94 bits per heavy atom. The van der Waals surface area contributed by atoms with Crippen LogP contribution in [0.15, 0.2) is 12.2 Å². The van der Waals surface area contributed by atoms with Gasteiger partial charge in [-0.3, -0.25) is 14.5 Å². The molecule has 0 spiro atoms. The summed E-state index contributed by atoms with van der Waals surface area (Å²) in [5.41, 5.74) is 0.512. The van der Waals surface area contributed by atoms with Gasteiger partial charge in [-0.25, -0.2) is 0 Å². The first-order valence-electron chi connectivity index (χ1n) is 5.44. The van der Waals surface area contributed by atoms with Crippen LogP contribution in [0.5, 0.6) is 0 Å². The fourth-order valence-electron chi connectivity index (χ4n) is 1.63. The van der Waals surface area contributed by atoms with Crippen molar-refractivity contribution in [2.24, 2.45) is 0 Å². The molecule has 0 aromatic heterocycles. The van der Waals surface area contributed by atoms with Gasteiger partial charge in [0.1, 0.15) is 0 Å². The number of hydrogen-bond donors (Lipinski definition) is 1. The van der Waals surface area contributed by atoms with Gasteiger partial charge >= 0.3 is 0 Å². The molecule has 1 rings (SSSR count). The molecule has 0 aromatic rings. The highest BCUT2D eigenvalue weighted by molar-refractivity contribution is 5.92. The maximum absolute atomic E-state index is 11.4. The Morgan fingerprint density at radius 3 is 2.38 bits per heavy atom. The van der Waals surface area contributed by atoms with E-state index in [0.717, 1.165) is 32.6 Å². The molecule has 1 fully saturated rings. The van der Waals surface area contributed by atoms with E-state index in [1.54, 1.807) is 11.8 Å². The predicted octanol–water partition coefficient (Wildman–Crippen LogP) is -0.201. The molecule has 1 aliphatic heterocycles.